The average Bonchev–Trinajstić information content (AvgIpc) is 3.11. The summed E-state index contributed by atoms with van der Waals surface area (Å²) in [5.41, 5.74) is -0.171. The van der Waals surface area contributed by atoms with Crippen molar-refractivity contribution in [2.45, 2.75) is 32.5 Å². The van der Waals surface area contributed by atoms with Crippen molar-refractivity contribution in [3.63, 3.8) is 0 Å². The van der Waals surface area contributed by atoms with E-state index in [4.69, 9.17) is 4.74 Å². The molecular formula is C18H23F4IN4OS. The van der Waals surface area contributed by atoms with Crippen molar-refractivity contribution in [3.05, 3.63) is 45.7 Å². The topological polar surface area (TPSA) is 58.5 Å². The summed E-state index contributed by atoms with van der Waals surface area (Å²) in [7, 11) is 1.40. The fourth-order valence-electron chi connectivity index (χ4n) is 2.38. The van der Waals surface area contributed by atoms with Gasteiger partial charge in [-0.05, 0) is 31.5 Å². The molecule has 2 rings (SSSR count). The summed E-state index contributed by atoms with van der Waals surface area (Å²) in [6.07, 6.45) is -4.14. The Morgan fingerprint density at radius 1 is 1.34 bits per heavy atom. The SMILES string of the molecule is CCNC(=NCCc1nc(C(F)(F)F)cs1)NC(C)c1ccc(OC)c(F)c1.I. The maximum Gasteiger partial charge on any atom is 0.434 e. The molecule has 1 heterocycles. The van der Waals surface area contributed by atoms with E-state index >= 15 is 0 Å². The summed E-state index contributed by atoms with van der Waals surface area (Å²) in [5.74, 6) is 0.192. The van der Waals surface area contributed by atoms with Gasteiger partial charge >= 0.3 is 6.18 Å². The number of aromatic nitrogens is 1. The minimum absolute atomic E-state index is 0. The Balaban J connectivity index is 0.00000420. The fourth-order valence-corrected chi connectivity index (χ4v) is 3.17. The molecule has 0 fully saturated rings. The second-order valence-corrected chi connectivity index (χ2v) is 6.84. The first-order chi connectivity index (χ1) is 13.2. The molecule has 2 aromatic rings. The van der Waals surface area contributed by atoms with Crippen LogP contribution in [0.15, 0.2) is 28.6 Å². The van der Waals surface area contributed by atoms with Crippen molar-refractivity contribution < 1.29 is 22.3 Å². The van der Waals surface area contributed by atoms with E-state index in [2.05, 4.69) is 20.6 Å². The zero-order chi connectivity index (χ0) is 20.7. The summed E-state index contributed by atoms with van der Waals surface area (Å²) in [5, 5.41) is 7.58. The van der Waals surface area contributed by atoms with Gasteiger partial charge in [-0.25, -0.2) is 9.37 Å². The van der Waals surface area contributed by atoms with Crippen LogP contribution in [0.4, 0.5) is 17.6 Å². The number of thiazole rings is 1. The number of alkyl halides is 3. The number of guanidine groups is 1. The van der Waals surface area contributed by atoms with Gasteiger partial charge in [0, 0.05) is 24.9 Å². The van der Waals surface area contributed by atoms with Gasteiger partial charge in [0.1, 0.15) is 0 Å². The molecule has 162 valence electrons. The summed E-state index contributed by atoms with van der Waals surface area (Å²) < 4.78 is 56.6. The Kier molecular flexibility index (Phi) is 10.1. The molecule has 0 aliphatic carbocycles. The third-order valence-electron chi connectivity index (χ3n) is 3.81. The first kappa shape index (κ1) is 25.4. The molecule has 0 saturated carbocycles. The monoisotopic (exact) mass is 546 g/mol. The van der Waals surface area contributed by atoms with E-state index in [1.165, 1.54) is 13.2 Å². The number of ether oxygens (including phenoxy) is 1. The quantitative estimate of drug-likeness (QED) is 0.227. The van der Waals surface area contributed by atoms with Crippen molar-refractivity contribution in [3.8, 4) is 5.75 Å². The number of methoxy groups -OCH3 is 1. The Bertz CT molecular complexity index is 813. The molecule has 0 amide bonds. The fraction of sp³-hybridized carbons (Fsp3) is 0.444. The third-order valence-corrected chi connectivity index (χ3v) is 4.72. The molecule has 2 N–H and O–H groups in total. The van der Waals surface area contributed by atoms with E-state index in [1.807, 2.05) is 13.8 Å². The highest BCUT2D eigenvalue weighted by Crippen LogP contribution is 2.30. The number of benzene rings is 1. The Hall–Kier alpha value is -1.63. The van der Waals surface area contributed by atoms with E-state index in [0.717, 1.165) is 16.7 Å². The molecule has 0 saturated heterocycles. The Morgan fingerprint density at radius 2 is 2.07 bits per heavy atom. The lowest BCUT2D eigenvalue weighted by Crippen LogP contribution is -2.38. The molecule has 1 aromatic heterocycles. The average molecular weight is 546 g/mol. The molecule has 0 spiro atoms. The predicted molar refractivity (Wildman–Crippen MR) is 117 cm³/mol. The van der Waals surface area contributed by atoms with Crippen molar-refractivity contribution in [1.82, 2.24) is 15.6 Å². The van der Waals surface area contributed by atoms with Gasteiger partial charge in [0.15, 0.2) is 23.2 Å². The molecular weight excluding hydrogens is 523 g/mol. The minimum atomic E-state index is -4.43. The van der Waals surface area contributed by atoms with Gasteiger partial charge in [-0.3, -0.25) is 4.99 Å². The molecule has 0 aliphatic rings. The van der Waals surface area contributed by atoms with Gasteiger partial charge < -0.3 is 15.4 Å². The van der Waals surface area contributed by atoms with Crippen LogP contribution in [0.1, 0.15) is 36.2 Å². The lowest BCUT2D eigenvalue weighted by Gasteiger charge is -2.18. The first-order valence-corrected chi connectivity index (χ1v) is 9.52. The highest BCUT2D eigenvalue weighted by atomic mass is 127. The van der Waals surface area contributed by atoms with Gasteiger partial charge in [-0.15, -0.1) is 35.3 Å². The molecule has 0 radical (unpaired) electrons. The van der Waals surface area contributed by atoms with Gasteiger partial charge in [0.25, 0.3) is 0 Å². The summed E-state index contributed by atoms with van der Waals surface area (Å²) >= 11 is 0.963. The lowest BCUT2D eigenvalue weighted by atomic mass is 10.1. The van der Waals surface area contributed by atoms with Crippen molar-refractivity contribution in [2.24, 2.45) is 4.99 Å². The molecule has 5 nitrogen and oxygen atoms in total. The lowest BCUT2D eigenvalue weighted by molar-refractivity contribution is -0.140. The molecule has 29 heavy (non-hydrogen) atoms. The molecule has 1 atom stereocenters. The number of nitrogens with zero attached hydrogens (tertiary/aromatic N) is 2. The Labute approximate surface area is 188 Å². The summed E-state index contributed by atoms with van der Waals surface area (Å²) in [4.78, 5) is 7.95. The first-order valence-electron chi connectivity index (χ1n) is 8.64. The van der Waals surface area contributed by atoms with E-state index < -0.39 is 17.7 Å². The van der Waals surface area contributed by atoms with Gasteiger partial charge in [0.2, 0.25) is 0 Å². The van der Waals surface area contributed by atoms with Gasteiger partial charge in [-0.1, -0.05) is 6.07 Å². The van der Waals surface area contributed by atoms with Crippen molar-refractivity contribution in [2.75, 3.05) is 20.2 Å². The van der Waals surface area contributed by atoms with Gasteiger partial charge in [-0.2, -0.15) is 13.2 Å². The zero-order valence-corrected chi connectivity index (χ0v) is 19.3. The normalized spacial score (nSPS) is 12.9. The maximum absolute atomic E-state index is 13.9. The number of nitrogens with one attached hydrogen (secondary N) is 2. The van der Waals surface area contributed by atoms with Crippen LogP contribution in [0.2, 0.25) is 0 Å². The largest absolute Gasteiger partial charge is 0.494 e. The number of rotatable bonds is 7. The zero-order valence-electron chi connectivity index (χ0n) is 16.1. The maximum atomic E-state index is 13.9. The van der Waals surface area contributed by atoms with E-state index in [1.54, 1.807) is 12.1 Å². The van der Waals surface area contributed by atoms with Crippen molar-refractivity contribution >= 4 is 41.3 Å². The standard InChI is InChI=1S/C18H22F4N4OS.HI/c1-4-23-17(24-8-7-16-26-15(10-28-16)18(20,21)22)25-11(2)12-5-6-14(27-3)13(19)9-12;/h5-6,9-11H,4,7-8H2,1-3H3,(H2,23,24,25);1H. The number of hydrogen-bond acceptors (Lipinski definition) is 4. The van der Waals surface area contributed by atoms with Crippen molar-refractivity contribution in [1.29, 1.82) is 0 Å². The van der Waals surface area contributed by atoms with Crippen LogP contribution < -0.4 is 15.4 Å². The molecule has 1 unspecified atom stereocenters. The molecule has 0 aliphatic heterocycles. The Morgan fingerprint density at radius 3 is 2.62 bits per heavy atom. The minimum Gasteiger partial charge on any atom is -0.494 e. The van der Waals surface area contributed by atoms with Gasteiger partial charge in [0.05, 0.1) is 18.2 Å². The second kappa shape index (κ2) is 11.5. The highest BCUT2D eigenvalue weighted by Gasteiger charge is 2.33. The van der Waals surface area contributed by atoms with Crippen LogP contribution in [0.3, 0.4) is 0 Å². The molecule has 1 aromatic carbocycles. The van der Waals surface area contributed by atoms with Crippen LogP contribution in [0.25, 0.3) is 0 Å². The summed E-state index contributed by atoms with van der Waals surface area (Å²) in [6.45, 7) is 4.62. The molecule has 0 bridgehead atoms. The highest BCUT2D eigenvalue weighted by molar-refractivity contribution is 14.0. The van der Waals surface area contributed by atoms with E-state index in [0.29, 0.717) is 29.5 Å². The second-order valence-electron chi connectivity index (χ2n) is 5.89. The van der Waals surface area contributed by atoms with Crippen LogP contribution >= 0.6 is 35.3 Å². The van der Waals surface area contributed by atoms with Crippen LogP contribution in [0, 0.1) is 5.82 Å². The molecule has 11 heteroatoms. The summed E-state index contributed by atoms with van der Waals surface area (Å²) in [6, 6.07) is 4.44. The van der Waals surface area contributed by atoms with E-state index in [9.17, 15) is 17.6 Å². The number of hydrogen-bond donors (Lipinski definition) is 2. The third kappa shape index (κ3) is 7.61. The van der Waals surface area contributed by atoms with Crippen LogP contribution in [0.5, 0.6) is 5.75 Å². The predicted octanol–water partition coefficient (Wildman–Crippen LogP) is 4.79. The van der Waals surface area contributed by atoms with Crippen LogP contribution in [-0.4, -0.2) is 31.1 Å². The van der Waals surface area contributed by atoms with E-state index in [-0.39, 0.29) is 42.3 Å². The van der Waals surface area contributed by atoms with Crippen LogP contribution in [-0.2, 0) is 12.6 Å². The smallest absolute Gasteiger partial charge is 0.434 e. The number of aliphatic imine (C=N–C) groups is 1. The number of halogens is 5.